The van der Waals surface area contributed by atoms with E-state index in [-0.39, 0.29) is 0 Å². The second kappa shape index (κ2) is 5.89. The van der Waals surface area contributed by atoms with Gasteiger partial charge in [-0.2, -0.15) is 0 Å². The van der Waals surface area contributed by atoms with Crippen molar-refractivity contribution in [3.05, 3.63) is 22.8 Å². The molecule has 0 aliphatic heterocycles. The molecule has 0 saturated heterocycles. The topological polar surface area (TPSA) is 44.8 Å². The van der Waals surface area contributed by atoms with E-state index in [1.54, 1.807) is 6.07 Å². The molecule has 0 aliphatic rings. The first-order chi connectivity index (χ1) is 8.67. The second-order valence-corrected chi connectivity index (χ2v) is 10.2. The average molecular weight is 295 g/mol. The second-order valence-electron chi connectivity index (χ2n) is 5.34. The maximum absolute atomic E-state index is 11.8. The van der Waals surface area contributed by atoms with E-state index in [4.69, 9.17) is 14.2 Å². The summed E-state index contributed by atoms with van der Waals surface area (Å²) in [6, 6.07) is 1.74. The lowest BCUT2D eigenvalue weighted by atomic mass is 10.0. The van der Waals surface area contributed by atoms with Gasteiger partial charge in [0.15, 0.2) is 5.75 Å². The minimum Gasteiger partial charge on any atom is -0.465 e. The van der Waals surface area contributed by atoms with Crippen LogP contribution in [0, 0.1) is 13.8 Å². The summed E-state index contributed by atoms with van der Waals surface area (Å²) in [5.41, 5.74) is 2.33. The third-order valence-electron chi connectivity index (χ3n) is 2.58. The molecule has 1 rings (SSSR count). The minimum absolute atomic E-state index is 0.355. The zero-order chi connectivity index (χ0) is 14.8. The third-order valence-corrected chi connectivity index (χ3v) is 3.76. The van der Waals surface area contributed by atoms with E-state index < -0.39 is 14.3 Å². The molecule has 1 aromatic carbocycles. The van der Waals surface area contributed by atoms with Gasteiger partial charge in [0.25, 0.3) is 0 Å². The van der Waals surface area contributed by atoms with E-state index in [2.05, 4.69) is 10.2 Å². The van der Waals surface area contributed by atoms with Crippen LogP contribution in [0.2, 0.25) is 19.6 Å². The molecule has 0 amide bonds. The summed E-state index contributed by atoms with van der Waals surface area (Å²) in [4.78, 5) is 17.2. The van der Waals surface area contributed by atoms with Crippen LogP contribution in [0.5, 0.6) is 5.75 Å². The first-order valence-corrected chi connectivity index (χ1v) is 9.88. The van der Waals surface area contributed by atoms with Crippen LogP contribution in [-0.4, -0.2) is 31.6 Å². The number of benzene rings is 1. The largest absolute Gasteiger partial charge is 0.465 e. The monoisotopic (exact) mass is 295 g/mol. The van der Waals surface area contributed by atoms with Gasteiger partial charge in [-0.25, -0.2) is 9.37 Å². The highest BCUT2D eigenvalue weighted by Crippen LogP contribution is 2.22. The van der Waals surface area contributed by atoms with Crippen molar-refractivity contribution >= 4 is 29.7 Å². The van der Waals surface area contributed by atoms with Gasteiger partial charge in [0.2, 0.25) is 8.32 Å². The SMILES string of the molecule is COC(=O)c1cc(C)c(C)c([Si])c1OO[Si](C)(C)C. The predicted molar refractivity (Wildman–Crippen MR) is 77.7 cm³/mol. The number of esters is 1. The molecule has 6 heteroatoms. The minimum atomic E-state index is -1.86. The lowest BCUT2D eigenvalue weighted by Gasteiger charge is -2.20. The summed E-state index contributed by atoms with van der Waals surface area (Å²) in [5, 5.41) is 0.707. The molecule has 0 heterocycles. The van der Waals surface area contributed by atoms with Crippen molar-refractivity contribution in [1.29, 1.82) is 0 Å². The van der Waals surface area contributed by atoms with Gasteiger partial charge < -0.3 is 9.62 Å². The van der Waals surface area contributed by atoms with Crippen LogP contribution in [0.1, 0.15) is 21.5 Å². The molecule has 1 aromatic rings. The Hall–Kier alpha value is -1.12. The highest BCUT2D eigenvalue weighted by Gasteiger charge is 2.23. The Labute approximate surface area is 118 Å². The van der Waals surface area contributed by atoms with Crippen LogP contribution in [-0.2, 0) is 9.31 Å². The number of hydrogen-bond donors (Lipinski definition) is 0. The van der Waals surface area contributed by atoms with Gasteiger partial charge in [-0.15, -0.1) is 0 Å². The van der Waals surface area contributed by atoms with Crippen LogP contribution < -0.4 is 10.1 Å². The molecule has 0 atom stereocenters. The van der Waals surface area contributed by atoms with Crippen molar-refractivity contribution in [1.82, 2.24) is 0 Å². The van der Waals surface area contributed by atoms with Crippen molar-refractivity contribution in [3.63, 3.8) is 0 Å². The molecule has 4 nitrogen and oxygen atoms in total. The van der Waals surface area contributed by atoms with Gasteiger partial charge in [-0.1, -0.05) is 0 Å². The molecule has 0 aromatic heterocycles. The van der Waals surface area contributed by atoms with Crippen molar-refractivity contribution in [3.8, 4) is 5.75 Å². The summed E-state index contributed by atoms with van der Waals surface area (Å²) < 4.78 is 10.2. The summed E-state index contributed by atoms with van der Waals surface area (Å²) in [7, 11) is 2.99. The molecule has 0 fully saturated rings. The van der Waals surface area contributed by atoms with Gasteiger partial charge in [-0.3, -0.25) is 0 Å². The Morgan fingerprint density at radius 2 is 1.84 bits per heavy atom. The number of methoxy groups -OCH3 is 1. The highest BCUT2D eigenvalue weighted by molar-refractivity contribution is 6.69. The zero-order valence-electron chi connectivity index (χ0n) is 12.2. The lowest BCUT2D eigenvalue weighted by molar-refractivity contribution is -0.111. The Bertz CT molecular complexity index is 492. The molecule has 0 spiro atoms. The molecular weight excluding hydrogens is 276 g/mol. The van der Waals surface area contributed by atoms with Gasteiger partial charge >= 0.3 is 5.97 Å². The molecule has 0 unspecified atom stereocenters. The molecule has 103 valence electrons. The van der Waals surface area contributed by atoms with Gasteiger partial charge in [0, 0.05) is 0 Å². The number of rotatable bonds is 4. The number of carbonyl (C=O) groups excluding carboxylic acids is 1. The first kappa shape index (κ1) is 15.9. The summed E-state index contributed by atoms with van der Waals surface area (Å²) in [6.07, 6.45) is 0. The smallest absolute Gasteiger partial charge is 0.341 e. The van der Waals surface area contributed by atoms with Crippen LogP contribution in [0.3, 0.4) is 0 Å². The Morgan fingerprint density at radius 3 is 2.32 bits per heavy atom. The number of aryl methyl sites for hydroxylation is 1. The third kappa shape index (κ3) is 3.92. The Balaban J connectivity index is 3.26. The van der Waals surface area contributed by atoms with Crippen LogP contribution in [0.4, 0.5) is 0 Å². The Kier molecular flexibility index (Phi) is 4.94. The van der Waals surface area contributed by atoms with E-state index in [0.717, 1.165) is 11.1 Å². The summed E-state index contributed by atoms with van der Waals surface area (Å²) >= 11 is 0. The van der Waals surface area contributed by atoms with Crippen LogP contribution in [0.25, 0.3) is 0 Å². The molecule has 0 N–H and O–H groups in total. The number of hydrogen-bond acceptors (Lipinski definition) is 4. The van der Waals surface area contributed by atoms with E-state index in [0.29, 0.717) is 16.5 Å². The molecular formula is C13H19O4Si2. The Morgan fingerprint density at radius 1 is 1.26 bits per heavy atom. The van der Waals surface area contributed by atoms with Crippen molar-refractivity contribution < 1.29 is 19.0 Å². The fourth-order valence-corrected chi connectivity index (χ4v) is 2.11. The summed E-state index contributed by atoms with van der Waals surface area (Å²) in [5.74, 6) is -0.0779. The zero-order valence-corrected chi connectivity index (χ0v) is 14.2. The van der Waals surface area contributed by atoms with E-state index in [1.165, 1.54) is 7.11 Å². The maximum Gasteiger partial charge on any atom is 0.341 e. The molecule has 3 radical (unpaired) electrons. The van der Waals surface area contributed by atoms with E-state index in [1.807, 2.05) is 33.5 Å². The standard InChI is InChI=1S/C13H19O4Si2/c1-8-7-10(13(14)15-3)11(12(18)9(8)2)16-17-19(4,5)6/h7H,1-6H3. The van der Waals surface area contributed by atoms with Crippen molar-refractivity contribution in [2.45, 2.75) is 33.5 Å². The number of carbonyl (C=O) groups is 1. The number of ether oxygens (including phenoxy) is 1. The average Bonchev–Trinajstić information content (AvgIpc) is 2.32. The molecule has 19 heavy (non-hydrogen) atoms. The summed E-state index contributed by atoms with van der Waals surface area (Å²) in [6.45, 7) is 9.87. The predicted octanol–water partition coefficient (Wildman–Crippen LogP) is 2.03. The van der Waals surface area contributed by atoms with E-state index in [9.17, 15) is 4.79 Å². The fourth-order valence-electron chi connectivity index (χ4n) is 1.41. The van der Waals surface area contributed by atoms with Gasteiger partial charge in [-0.05, 0) is 55.9 Å². The van der Waals surface area contributed by atoms with E-state index >= 15 is 0 Å². The van der Waals surface area contributed by atoms with Crippen molar-refractivity contribution in [2.75, 3.05) is 7.11 Å². The maximum atomic E-state index is 11.8. The molecule has 0 bridgehead atoms. The van der Waals surface area contributed by atoms with Crippen molar-refractivity contribution in [2.24, 2.45) is 0 Å². The quantitative estimate of drug-likeness (QED) is 0.369. The van der Waals surface area contributed by atoms with Crippen LogP contribution in [0.15, 0.2) is 6.07 Å². The molecule has 0 aliphatic carbocycles. The normalized spacial score (nSPS) is 11.3. The highest BCUT2D eigenvalue weighted by atomic mass is 28.4. The van der Waals surface area contributed by atoms with Crippen LogP contribution >= 0.6 is 0 Å². The molecule has 0 saturated carbocycles. The van der Waals surface area contributed by atoms with Gasteiger partial charge in [0.1, 0.15) is 5.56 Å². The van der Waals surface area contributed by atoms with Gasteiger partial charge in [0.05, 0.1) is 17.4 Å². The first-order valence-electron chi connectivity index (χ1n) is 5.97. The lowest BCUT2D eigenvalue weighted by Crippen LogP contribution is -2.30. The fraction of sp³-hybridized carbons (Fsp3) is 0.462.